The molecule has 16 aromatic rings. The number of phenolic OH excluding ortho intramolecular Hbond substituents is 1. The fraction of sp³-hybridized carbons (Fsp3) is 0.179. The molecule has 0 unspecified atom stereocenters. The molecule has 680 valence electrons. The number of fused-ring (bicyclic) bond motifs is 12. The molecule has 20 rings (SSSR count). The number of aryl methyl sites for hydroxylation is 16. The molecule has 0 bridgehead atoms. The average molecular weight is 1900 g/mol. The minimum Gasteiger partial charge on any atom is -0.508 e. The van der Waals surface area contributed by atoms with Crippen LogP contribution in [0.2, 0.25) is 5.02 Å². The maximum atomic E-state index is 13.8. The Labute approximate surface area is 797 Å². The van der Waals surface area contributed by atoms with Crippen molar-refractivity contribution in [2.75, 3.05) is 21.3 Å². The topological polar surface area (TPSA) is 240 Å². The first kappa shape index (κ1) is 92.9. The summed E-state index contributed by atoms with van der Waals surface area (Å²) in [5.74, 6) is 0.0496. The van der Waals surface area contributed by atoms with Crippen LogP contribution >= 0.6 is 27.5 Å². The van der Waals surface area contributed by atoms with Crippen molar-refractivity contribution >= 4 is 74.4 Å². The summed E-state index contributed by atoms with van der Waals surface area (Å²) in [5, 5.41) is 22.0. The van der Waals surface area contributed by atoms with Gasteiger partial charge in [-0.3, -0.25) is 19.2 Å². The van der Waals surface area contributed by atoms with Gasteiger partial charge in [-0.1, -0.05) is 197 Å². The molecule has 4 amide bonds. The molecule has 136 heavy (non-hydrogen) atoms. The van der Waals surface area contributed by atoms with Gasteiger partial charge in [0.15, 0.2) is 23.3 Å². The second kappa shape index (κ2) is 43.8. The van der Waals surface area contributed by atoms with Crippen molar-refractivity contribution in [1.29, 1.82) is 0 Å². The van der Waals surface area contributed by atoms with E-state index in [9.17, 15) is 46.2 Å². The van der Waals surface area contributed by atoms with E-state index in [0.29, 0.717) is 122 Å². The molecular formula is C112H93BrClF5N12O5. The van der Waals surface area contributed by atoms with Gasteiger partial charge in [0.1, 0.15) is 34.8 Å². The Bertz CT molecular complexity index is 6200. The minimum absolute atomic E-state index is 0.110. The third-order valence-electron chi connectivity index (χ3n) is 24.1. The van der Waals surface area contributed by atoms with Crippen molar-refractivity contribution in [3.63, 3.8) is 0 Å². The molecular weight excluding hydrogens is 1800 g/mol. The highest BCUT2D eigenvalue weighted by atomic mass is 79.9. The monoisotopic (exact) mass is 1890 g/mol. The first-order valence-corrected chi connectivity index (χ1v) is 46.5. The van der Waals surface area contributed by atoms with Crippen molar-refractivity contribution in [3.8, 4) is 50.8 Å². The first-order valence-electron chi connectivity index (χ1n) is 45.3. The molecule has 12 aromatic carbocycles. The number of amides is 4. The van der Waals surface area contributed by atoms with E-state index in [2.05, 4.69) is 85.7 Å². The molecule has 0 aliphatic heterocycles. The predicted molar refractivity (Wildman–Crippen MR) is 524 cm³/mol. The van der Waals surface area contributed by atoms with Gasteiger partial charge >= 0.3 is 0 Å². The lowest BCUT2D eigenvalue weighted by Crippen LogP contribution is -2.20. The number of nitrogens with one attached hydrogen (secondary N) is 4. The molecule has 4 heterocycles. The highest BCUT2D eigenvalue weighted by molar-refractivity contribution is 9.10. The van der Waals surface area contributed by atoms with Gasteiger partial charge < -0.3 is 26.4 Å². The van der Waals surface area contributed by atoms with Gasteiger partial charge in [-0.05, 0) is 291 Å². The number of carbonyl (C=O) groups is 4. The summed E-state index contributed by atoms with van der Waals surface area (Å²) >= 11 is 9.38. The van der Waals surface area contributed by atoms with E-state index in [1.807, 2.05) is 109 Å². The molecule has 0 saturated heterocycles. The molecule has 0 fully saturated rings. The van der Waals surface area contributed by atoms with E-state index in [1.54, 1.807) is 97.1 Å². The summed E-state index contributed by atoms with van der Waals surface area (Å²) in [5.41, 5.74) is 24.6. The van der Waals surface area contributed by atoms with Gasteiger partial charge in [-0.2, -0.15) is 0 Å². The molecule has 5 N–H and O–H groups in total. The van der Waals surface area contributed by atoms with Crippen molar-refractivity contribution in [1.82, 2.24) is 39.9 Å². The standard InChI is InChI=1S/C28H23BrFN3O.C28H23ClFN3O.C28H23F2N3O.C28H24FN3O2/c3*29-21-10-6-19(7-11-21)16-26(34)33-28-25(14-8-18-4-2-1-3-5-18)31-27-23-13-12-22(30)17-20(23)9-15-24(27)32-28;29-21-10-13-23-20(17-21)9-15-24-27(23)30-25(14-8-18-4-2-1-3-5-18)28(31-24)32-26(34)16-19-6-11-22(33)12-7-19/h3*1-7,10-13,17H,8-9,14-16H2,(H,32,33,34);1-7,10-13,17,33H,8-9,14-16H2,(H,31,32,34). The van der Waals surface area contributed by atoms with Crippen LogP contribution in [0.1, 0.15) is 112 Å². The number of aromatic nitrogens is 8. The third kappa shape index (κ3) is 24.3. The average Bonchev–Trinajstić information content (AvgIpc) is 0.783. The van der Waals surface area contributed by atoms with E-state index in [1.165, 1.54) is 53.1 Å². The molecule has 0 radical (unpaired) electrons. The largest absolute Gasteiger partial charge is 0.508 e. The molecule has 4 aliphatic rings. The first-order chi connectivity index (χ1) is 66.2. The van der Waals surface area contributed by atoms with E-state index >= 15 is 0 Å². The second-order valence-electron chi connectivity index (χ2n) is 33.9. The third-order valence-corrected chi connectivity index (χ3v) is 24.9. The number of hydrogen-bond acceptors (Lipinski definition) is 13. The van der Waals surface area contributed by atoms with Crippen LogP contribution in [0.4, 0.5) is 45.2 Å². The molecule has 17 nitrogen and oxygen atoms in total. The number of hydrogen-bond donors (Lipinski definition) is 5. The van der Waals surface area contributed by atoms with E-state index in [0.717, 1.165) is 154 Å². The smallest absolute Gasteiger partial charge is 0.229 e. The number of halogens is 7. The predicted octanol–water partition coefficient (Wildman–Crippen LogP) is 22.7. The Kier molecular flexibility index (Phi) is 29.9. The van der Waals surface area contributed by atoms with E-state index in [-0.39, 0.29) is 84.1 Å². The van der Waals surface area contributed by atoms with Crippen LogP contribution in [0.3, 0.4) is 0 Å². The molecule has 24 heteroatoms. The zero-order chi connectivity index (χ0) is 94.0. The minimum atomic E-state index is -0.340. The van der Waals surface area contributed by atoms with Gasteiger partial charge in [0.05, 0.1) is 94.0 Å². The number of nitrogens with zero attached hydrogens (tertiary/aromatic N) is 8. The molecule has 0 spiro atoms. The van der Waals surface area contributed by atoms with Crippen LogP contribution in [-0.2, 0) is 148 Å². The fourth-order valence-corrected chi connectivity index (χ4v) is 17.6. The highest BCUT2D eigenvalue weighted by Crippen LogP contribution is 2.39. The summed E-state index contributed by atoms with van der Waals surface area (Å²) in [7, 11) is 0. The summed E-state index contributed by atoms with van der Waals surface area (Å²) in [4.78, 5) is 90.4. The number of aromatic hydroxyl groups is 1. The van der Waals surface area contributed by atoms with Gasteiger partial charge in [-0.25, -0.2) is 61.8 Å². The molecule has 4 aliphatic carbocycles. The maximum Gasteiger partial charge on any atom is 0.229 e. The fourth-order valence-electron chi connectivity index (χ4n) is 17.2. The summed E-state index contributed by atoms with van der Waals surface area (Å²) in [6.45, 7) is 0. The Morgan fingerprint density at radius 2 is 0.507 bits per heavy atom. The van der Waals surface area contributed by atoms with Gasteiger partial charge in [0.25, 0.3) is 0 Å². The zero-order valence-electron chi connectivity index (χ0n) is 74.2. The lowest BCUT2D eigenvalue weighted by atomic mass is 9.91. The van der Waals surface area contributed by atoms with E-state index < -0.39 is 0 Å². The van der Waals surface area contributed by atoms with Gasteiger partial charge in [0.2, 0.25) is 23.6 Å². The van der Waals surface area contributed by atoms with Crippen LogP contribution in [-0.4, -0.2) is 68.6 Å². The van der Waals surface area contributed by atoms with Crippen LogP contribution in [0.25, 0.3) is 45.0 Å². The van der Waals surface area contributed by atoms with Crippen molar-refractivity contribution in [3.05, 3.63) is 442 Å². The number of benzene rings is 12. The van der Waals surface area contributed by atoms with Crippen LogP contribution in [0.15, 0.2) is 296 Å². The highest BCUT2D eigenvalue weighted by Gasteiger charge is 2.29. The number of carbonyl (C=O) groups excluding carboxylic acids is 4. The Morgan fingerprint density at radius 3 is 0.772 bits per heavy atom. The van der Waals surface area contributed by atoms with Crippen molar-refractivity contribution in [2.45, 2.75) is 128 Å². The summed E-state index contributed by atoms with van der Waals surface area (Å²) in [6.07, 6.45) is 11.6. The zero-order valence-corrected chi connectivity index (χ0v) is 76.5. The maximum absolute atomic E-state index is 13.8. The lowest BCUT2D eigenvalue weighted by Gasteiger charge is -2.21. The van der Waals surface area contributed by atoms with Crippen LogP contribution < -0.4 is 21.3 Å². The van der Waals surface area contributed by atoms with Crippen molar-refractivity contribution < 1.29 is 46.2 Å². The SMILES string of the molecule is O=C(Cc1ccc(Br)cc1)Nc1nc2c(nc1CCc1ccccc1)-c1ccc(F)cc1CC2.O=C(Cc1ccc(Cl)cc1)Nc1nc2c(nc1CCc1ccccc1)-c1ccc(F)cc1CC2.O=C(Cc1ccc(F)cc1)Nc1nc2c(nc1CCc1ccccc1)-c1ccc(F)cc1CC2.O=C(Cc1ccc(O)cc1)Nc1nc2c(nc1CCc1ccccc1)-c1ccc(F)cc1CC2. The molecule has 4 aromatic heterocycles. The van der Waals surface area contributed by atoms with E-state index in [4.69, 9.17) is 51.5 Å². The van der Waals surface area contributed by atoms with Gasteiger partial charge in [0, 0.05) is 31.7 Å². The molecule has 0 atom stereocenters. The second-order valence-corrected chi connectivity index (χ2v) is 35.2. The van der Waals surface area contributed by atoms with Crippen LogP contribution in [0, 0.1) is 29.1 Å². The van der Waals surface area contributed by atoms with Gasteiger partial charge in [-0.15, -0.1) is 0 Å². The summed E-state index contributed by atoms with van der Waals surface area (Å²) < 4.78 is 69.3. The Hall–Kier alpha value is -14.9. The number of phenols is 1. The Morgan fingerprint density at radius 1 is 0.272 bits per heavy atom. The van der Waals surface area contributed by atoms with Crippen molar-refractivity contribution in [2.24, 2.45) is 0 Å². The Balaban J connectivity index is 0.000000126. The summed E-state index contributed by atoms with van der Waals surface area (Å²) in [6, 6.07) is 87.0. The normalized spacial score (nSPS) is 12.1. The quantitative estimate of drug-likeness (QED) is 0.0354. The lowest BCUT2D eigenvalue weighted by molar-refractivity contribution is -0.116. The van der Waals surface area contributed by atoms with Crippen LogP contribution in [0.5, 0.6) is 5.75 Å². The number of anilines is 4. The number of rotatable bonds is 24. The molecule has 0 saturated carbocycles.